The van der Waals surface area contributed by atoms with Crippen molar-refractivity contribution in [3.8, 4) is 11.5 Å². The van der Waals surface area contributed by atoms with Crippen LogP contribution in [0.4, 0.5) is 4.39 Å². The molecule has 1 saturated heterocycles. The average molecular weight is 324 g/mol. The number of fused-ring (bicyclic) bond motifs is 1. The van der Waals surface area contributed by atoms with Crippen LogP contribution in [0.3, 0.4) is 0 Å². The fourth-order valence-corrected chi connectivity index (χ4v) is 3.03. The Morgan fingerprint density at radius 2 is 2.13 bits per heavy atom. The molecule has 0 amide bonds. The normalized spacial score (nSPS) is 25.7. The molecule has 0 aromatic heterocycles. The molecule has 2 aliphatic rings. The van der Waals surface area contributed by atoms with Gasteiger partial charge in [0.05, 0.1) is 13.2 Å². The molecule has 128 valence electrons. The molecule has 2 heterocycles. The third-order valence-electron chi connectivity index (χ3n) is 4.32. The largest absolute Gasteiger partial charge is 0.491 e. The van der Waals surface area contributed by atoms with E-state index >= 15 is 0 Å². The molecule has 4 nitrogen and oxygen atoms in total. The van der Waals surface area contributed by atoms with Crippen LogP contribution in [-0.2, 0) is 15.9 Å². The summed E-state index contributed by atoms with van der Waals surface area (Å²) < 4.78 is 37.5. The molecule has 2 atom stereocenters. The molecule has 0 radical (unpaired) electrons. The van der Waals surface area contributed by atoms with E-state index in [1.54, 1.807) is 12.1 Å². The summed E-state index contributed by atoms with van der Waals surface area (Å²) in [5.41, 5.74) is 0.605. The third kappa shape index (κ3) is 3.61. The fourth-order valence-electron chi connectivity index (χ4n) is 3.03. The zero-order valence-electron chi connectivity index (χ0n) is 14.1. The summed E-state index contributed by atoms with van der Waals surface area (Å²) in [7, 11) is 0. The van der Waals surface area contributed by atoms with E-state index in [4.69, 9.17) is 18.9 Å². The zero-order chi connectivity index (χ0) is 16.4. The van der Waals surface area contributed by atoms with E-state index in [1.165, 1.54) is 0 Å². The summed E-state index contributed by atoms with van der Waals surface area (Å²) in [5.74, 6) is 0.0491. The molecule has 5 heteroatoms. The van der Waals surface area contributed by atoms with Crippen LogP contribution in [0.5, 0.6) is 11.5 Å². The van der Waals surface area contributed by atoms with Crippen molar-refractivity contribution >= 4 is 0 Å². The van der Waals surface area contributed by atoms with Gasteiger partial charge in [-0.15, -0.1) is 0 Å². The minimum absolute atomic E-state index is 0.101. The van der Waals surface area contributed by atoms with Crippen molar-refractivity contribution in [1.82, 2.24) is 0 Å². The van der Waals surface area contributed by atoms with Crippen molar-refractivity contribution in [3.63, 3.8) is 0 Å². The highest BCUT2D eigenvalue weighted by Crippen LogP contribution is 2.37. The molecule has 2 aliphatic heterocycles. The lowest BCUT2D eigenvalue weighted by Gasteiger charge is -2.30. The van der Waals surface area contributed by atoms with Gasteiger partial charge < -0.3 is 18.9 Å². The molecule has 23 heavy (non-hydrogen) atoms. The summed E-state index contributed by atoms with van der Waals surface area (Å²) in [6.45, 7) is 6.91. The molecule has 3 rings (SSSR count). The van der Waals surface area contributed by atoms with Gasteiger partial charge in [0.2, 0.25) is 0 Å². The van der Waals surface area contributed by atoms with Crippen LogP contribution in [0.2, 0.25) is 0 Å². The van der Waals surface area contributed by atoms with Crippen molar-refractivity contribution in [3.05, 3.63) is 23.5 Å². The summed E-state index contributed by atoms with van der Waals surface area (Å²) in [6, 6.07) is 3.45. The van der Waals surface area contributed by atoms with E-state index in [2.05, 4.69) is 6.92 Å². The molecule has 0 spiro atoms. The van der Waals surface area contributed by atoms with Crippen LogP contribution >= 0.6 is 0 Å². The Morgan fingerprint density at radius 1 is 1.30 bits per heavy atom. The second-order valence-corrected chi connectivity index (χ2v) is 6.62. The van der Waals surface area contributed by atoms with Gasteiger partial charge in [-0.1, -0.05) is 13.3 Å². The number of rotatable bonds is 5. The lowest BCUT2D eigenvalue weighted by Crippen LogP contribution is -2.38. The highest BCUT2D eigenvalue weighted by Gasteiger charge is 2.40. The Hall–Kier alpha value is -1.33. The second-order valence-electron chi connectivity index (χ2n) is 6.62. The molecule has 0 N–H and O–H groups in total. The Morgan fingerprint density at radius 3 is 2.83 bits per heavy atom. The van der Waals surface area contributed by atoms with Gasteiger partial charge in [0, 0.05) is 5.56 Å². The number of halogens is 1. The molecule has 0 aliphatic carbocycles. The van der Waals surface area contributed by atoms with Gasteiger partial charge in [-0.3, -0.25) is 0 Å². The van der Waals surface area contributed by atoms with Crippen molar-refractivity contribution in [2.45, 2.75) is 64.4 Å². The van der Waals surface area contributed by atoms with Gasteiger partial charge in [0.15, 0.2) is 17.4 Å². The number of hydrogen-bond donors (Lipinski definition) is 0. The molecule has 1 aromatic carbocycles. The van der Waals surface area contributed by atoms with Crippen LogP contribution in [0.1, 0.15) is 45.6 Å². The number of ether oxygens (including phenoxy) is 4. The Labute approximate surface area is 136 Å². The first-order valence-corrected chi connectivity index (χ1v) is 8.43. The maximum atomic E-state index is 14.5. The van der Waals surface area contributed by atoms with Gasteiger partial charge in [0.25, 0.3) is 0 Å². The van der Waals surface area contributed by atoms with Gasteiger partial charge in [-0.2, -0.15) is 0 Å². The van der Waals surface area contributed by atoms with E-state index < -0.39 is 5.79 Å². The second kappa shape index (κ2) is 6.65. The summed E-state index contributed by atoms with van der Waals surface area (Å²) in [5, 5.41) is 0. The van der Waals surface area contributed by atoms with Gasteiger partial charge >= 0.3 is 0 Å². The van der Waals surface area contributed by atoms with E-state index in [-0.39, 0.29) is 18.0 Å². The number of benzene rings is 1. The quantitative estimate of drug-likeness (QED) is 0.771. The SMILES string of the molecule is CCCCOc1ccc2c(c1F)CC[C@@H]([C@@H]1COC(C)(C)O1)O2. The van der Waals surface area contributed by atoms with E-state index in [1.807, 2.05) is 13.8 Å². The van der Waals surface area contributed by atoms with Crippen LogP contribution in [0.15, 0.2) is 12.1 Å². The van der Waals surface area contributed by atoms with Crippen molar-refractivity contribution in [2.75, 3.05) is 13.2 Å². The van der Waals surface area contributed by atoms with Crippen LogP contribution in [-0.4, -0.2) is 31.2 Å². The van der Waals surface area contributed by atoms with Crippen LogP contribution < -0.4 is 9.47 Å². The highest BCUT2D eigenvalue weighted by molar-refractivity contribution is 5.43. The van der Waals surface area contributed by atoms with Gasteiger partial charge in [0.1, 0.15) is 18.0 Å². The monoisotopic (exact) mass is 324 g/mol. The summed E-state index contributed by atoms with van der Waals surface area (Å²) in [4.78, 5) is 0. The van der Waals surface area contributed by atoms with Crippen molar-refractivity contribution in [2.24, 2.45) is 0 Å². The zero-order valence-corrected chi connectivity index (χ0v) is 14.1. The van der Waals surface area contributed by atoms with Gasteiger partial charge in [-0.25, -0.2) is 4.39 Å². The predicted octanol–water partition coefficient (Wildman–Crippen LogP) is 3.85. The third-order valence-corrected chi connectivity index (χ3v) is 4.32. The minimum atomic E-state index is -0.573. The topological polar surface area (TPSA) is 36.9 Å². The lowest BCUT2D eigenvalue weighted by molar-refractivity contribution is -0.149. The number of hydrogen-bond acceptors (Lipinski definition) is 4. The molecule has 1 fully saturated rings. The van der Waals surface area contributed by atoms with E-state index in [0.29, 0.717) is 43.1 Å². The Kier molecular flexibility index (Phi) is 4.78. The van der Waals surface area contributed by atoms with Crippen molar-refractivity contribution < 1.29 is 23.3 Å². The van der Waals surface area contributed by atoms with E-state index in [9.17, 15) is 4.39 Å². The molecule has 1 aromatic rings. The van der Waals surface area contributed by atoms with Crippen molar-refractivity contribution in [1.29, 1.82) is 0 Å². The first-order valence-electron chi connectivity index (χ1n) is 8.43. The van der Waals surface area contributed by atoms with E-state index in [0.717, 1.165) is 12.8 Å². The summed E-state index contributed by atoms with van der Waals surface area (Å²) >= 11 is 0. The standard InChI is InChI=1S/C18H25FO4/c1-4-5-10-20-15-9-8-13-12(17(15)19)6-7-14(22-13)16-11-21-18(2,3)23-16/h8-9,14,16H,4-7,10-11H2,1-3H3/t14-,16-/m0/s1. The Balaban J connectivity index is 1.69. The minimum Gasteiger partial charge on any atom is -0.491 e. The van der Waals surface area contributed by atoms with Gasteiger partial charge in [-0.05, 0) is 45.2 Å². The van der Waals surface area contributed by atoms with Crippen LogP contribution in [0.25, 0.3) is 0 Å². The number of unbranched alkanes of at least 4 members (excludes halogenated alkanes) is 1. The van der Waals surface area contributed by atoms with Crippen LogP contribution in [0, 0.1) is 5.82 Å². The Bertz CT molecular complexity index is 558. The molecule has 0 bridgehead atoms. The maximum absolute atomic E-state index is 14.5. The fraction of sp³-hybridized carbons (Fsp3) is 0.667. The lowest BCUT2D eigenvalue weighted by atomic mass is 9.98. The average Bonchev–Trinajstić information content (AvgIpc) is 2.89. The summed E-state index contributed by atoms with van der Waals surface area (Å²) in [6.07, 6.45) is 3.07. The first-order chi connectivity index (χ1) is 11.0. The smallest absolute Gasteiger partial charge is 0.171 e. The first kappa shape index (κ1) is 16.5. The molecular formula is C18H25FO4. The predicted molar refractivity (Wildman–Crippen MR) is 84.4 cm³/mol. The maximum Gasteiger partial charge on any atom is 0.171 e. The molecular weight excluding hydrogens is 299 g/mol. The molecule has 0 saturated carbocycles. The molecule has 0 unspecified atom stereocenters. The highest BCUT2D eigenvalue weighted by atomic mass is 19.1.